The van der Waals surface area contributed by atoms with Crippen molar-refractivity contribution in [1.82, 2.24) is 10.2 Å². The number of aliphatic hydroxyl groups is 1. The number of carbonyl (C=O) groups is 1. The Hall–Kier alpha value is -2.83. The highest BCUT2D eigenvalue weighted by Crippen LogP contribution is 2.37. The lowest BCUT2D eigenvalue weighted by molar-refractivity contribution is -0.116. The van der Waals surface area contributed by atoms with Gasteiger partial charge in [-0.2, -0.15) is 0 Å². The highest BCUT2D eigenvalue weighted by molar-refractivity contribution is 5.94. The number of hydrogen-bond donors (Lipinski definition) is 2. The first-order valence-electron chi connectivity index (χ1n) is 12.6. The van der Waals surface area contributed by atoms with E-state index < -0.39 is 6.10 Å². The predicted octanol–water partition coefficient (Wildman–Crippen LogP) is 4.80. The number of benzene rings is 1. The fraction of sp³-hybridized carbons (Fsp3) is 0.483. The molecule has 2 atom stereocenters. The van der Waals surface area contributed by atoms with E-state index in [0.29, 0.717) is 44.0 Å². The molecule has 6 heteroatoms. The number of allylic oxidation sites excluding steroid dienone is 6. The largest absolute Gasteiger partial charge is 0.486 e. The standard InChI is InChI=1S/C29H40N2O4/c1-6-9-20(2)16-21(3)10-11-26(32)23(5)30-25(19-31-12-7-8-13-31)28(33)24-17-22(4)29-27(18-24)34-14-15-35-29/h6,9,16-18,25,28,30,33H,2,5,7-8,10-15,19H2,1,3-4H3/b9-6-,21-16+/t25-,28-/m1/s1. The number of ether oxygens (including phenoxy) is 2. The molecule has 2 aliphatic heterocycles. The monoisotopic (exact) mass is 480 g/mol. The van der Waals surface area contributed by atoms with Crippen LogP contribution in [0, 0.1) is 6.92 Å². The molecule has 0 aliphatic carbocycles. The van der Waals surface area contributed by atoms with Gasteiger partial charge in [-0.1, -0.05) is 37.0 Å². The number of Topliss-reactive ketones (excluding diaryl/α,β-unsaturated/α-hetero) is 1. The van der Waals surface area contributed by atoms with Crippen LogP contribution in [0.4, 0.5) is 0 Å². The molecule has 6 nitrogen and oxygen atoms in total. The van der Waals surface area contributed by atoms with Crippen LogP contribution in [0.3, 0.4) is 0 Å². The highest BCUT2D eigenvalue weighted by Gasteiger charge is 2.28. The van der Waals surface area contributed by atoms with Crippen molar-refractivity contribution < 1.29 is 19.4 Å². The summed E-state index contributed by atoms with van der Waals surface area (Å²) in [6.07, 6.45) is 8.33. The maximum atomic E-state index is 12.9. The van der Waals surface area contributed by atoms with E-state index in [1.807, 2.05) is 51.1 Å². The van der Waals surface area contributed by atoms with Gasteiger partial charge in [0.2, 0.25) is 0 Å². The third-order valence-corrected chi connectivity index (χ3v) is 6.48. The molecule has 0 bridgehead atoms. The van der Waals surface area contributed by atoms with Gasteiger partial charge in [0.25, 0.3) is 0 Å². The molecule has 0 aromatic heterocycles. The molecule has 1 saturated heterocycles. The molecule has 0 unspecified atom stereocenters. The summed E-state index contributed by atoms with van der Waals surface area (Å²) in [6.45, 7) is 17.5. The van der Waals surface area contributed by atoms with Gasteiger partial charge in [0, 0.05) is 13.0 Å². The molecule has 2 heterocycles. The number of rotatable bonds is 12. The summed E-state index contributed by atoms with van der Waals surface area (Å²) in [7, 11) is 0. The zero-order chi connectivity index (χ0) is 25.4. The average molecular weight is 481 g/mol. The lowest BCUT2D eigenvalue weighted by atomic mass is 9.98. The van der Waals surface area contributed by atoms with Gasteiger partial charge in [-0.25, -0.2) is 0 Å². The van der Waals surface area contributed by atoms with Crippen LogP contribution < -0.4 is 14.8 Å². The van der Waals surface area contributed by atoms with Crippen molar-refractivity contribution >= 4 is 5.78 Å². The van der Waals surface area contributed by atoms with Crippen LogP contribution in [0.15, 0.2) is 60.4 Å². The molecule has 0 saturated carbocycles. The van der Waals surface area contributed by atoms with Crippen molar-refractivity contribution in [3.8, 4) is 11.5 Å². The third-order valence-electron chi connectivity index (χ3n) is 6.48. The van der Waals surface area contributed by atoms with Gasteiger partial charge < -0.3 is 24.8 Å². The van der Waals surface area contributed by atoms with Gasteiger partial charge in [-0.15, -0.1) is 0 Å². The first kappa shape index (κ1) is 26.8. The molecule has 0 radical (unpaired) electrons. The number of aryl methyl sites for hydroxylation is 1. The summed E-state index contributed by atoms with van der Waals surface area (Å²) in [4.78, 5) is 15.2. The Balaban J connectivity index is 1.70. The Kier molecular flexibility index (Phi) is 9.75. The van der Waals surface area contributed by atoms with Crippen molar-refractivity contribution in [2.45, 2.75) is 58.6 Å². The smallest absolute Gasteiger partial charge is 0.178 e. The maximum absolute atomic E-state index is 12.9. The van der Waals surface area contributed by atoms with Crippen LogP contribution in [0.1, 0.15) is 56.8 Å². The molecule has 1 aromatic rings. The number of nitrogens with one attached hydrogen (secondary N) is 1. The van der Waals surface area contributed by atoms with Crippen LogP contribution in [0.25, 0.3) is 0 Å². The number of ketones is 1. The molecule has 2 aliphatic rings. The number of aliphatic hydroxyl groups excluding tert-OH is 1. The molecular formula is C29H40N2O4. The SMILES string of the molecule is C=C(/C=C\C)/C=C(\C)CCC(=O)C(=C)N[C@H](CN1CCCC1)[C@H](O)c1cc(C)c2c(c1)OCCO2. The van der Waals surface area contributed by atoms with Crippen molar-refractivity contribution in [3.63, 3.8) is 0 Å². The molecule has 1 aromatic carbocycles. The molecule has 3 rings (SSSR count). The van der Waals surface area contributed by atoms with Crippen LogP contribution in [0.2, 0.25) is 0 Å². The van der Waals surface area contributed by atoms with E-state index in [-0.39, 0.29) is 11.8 Å². The summed E-state index contributed by atoms with van der Waals surface area (Å²) < 4.78 is 11.5. The Morgan fingerprint density at radius 3 is 2.63 bits per heavy atom. The highest BCUT2D eigenvalue weighted by atomic mass is 16.6. The third kappa shape index (κ3) is 7.58. The van der Waals surface area contributed by atoms with Gasteiger partial charge in [0.1, 0.15) is 19.3 Å². The zero-order valence-electron chi connectivity index (χ0n) is 21.4. The lowest BCUT2D eigenvalue weighted by Crippen LogP contribution is -2.44. The predicted molar refractivity (Wildman–Crippen MR) is 141 cm³/mol. The number of likely N-dealkylation sites (tertiary alicyclic amines) is 1. The summed E-state index contributed by atoms with van der Waals surface area (Å²) in [5.74, 6) is 1.34. The van der Waals surface area contributed by atoms with Crippen molar-refractivity contribution in [2.75, 3.05) is 32.8 Å². The number of carbonyl (C=O) groups excluding carboxylic acids is 1. The molecule has 190 valence electrons. The molecule has 0 amide bonds. The summed E-state index contributed by atoms with van der Waals surface area (Å²) in [5, 5.41) is 14.7. The molecule has 35 heavy (non-hydrogen) atoms. The Bertz CT molecular complexity index is 989. The second-order valence-corrected chi connectivity index (χ2v) is 9.53. The first-order chi connectivity index (χ1) is 16.8. The van der Waals surface area contributed by atoms with Gasteiger partial charge in [0.15, 0.2) is 17.3 Å². The maximum Gasteiger partial charge on any atom is 0.178 e. The van der Waals surface area contributed by atoms with Crippen molar-refractivity contribution in [1.29, 1.82) is 0 Å². The molecule has 0 spiro atoms. The number of fused-ring (bicyclic) bond motifs is 1. The van der Waals surface area contributed by atoms with E-state index >= 15 is 0 Å². The Labute approximate surface area is 210 Å². The quantitative estimate of drug-likeness (QED) is 0.331. The number of nitrogens with zero attached hydrogens (tertiary/aromatic N) is 1. The average Bonchev–Trinajstić information content (AvgIpc) is 3.35. The molecule has 2 N–H and O–H groups in total. The van der Waals surface area contributed by atoms with Gasteiger partial charge >= 0.3 is 0 Å². The fourth-order valence-electron chi connectivity index (χ4n) is 4.64. The van der Waals surface area contributed by atoms with Gasteiger partial charge in [0.05, 0.1) is 11.7 Å². The van der Waals surface area contributed by atoms with Crippen LogP contribution in [-0.2, 0) is 4.79 Å². The molecular weight excluding hydrogens is 440 g/mol. The minimum atomic E-state index is -0.833. The minimum absolute atomic E-state index is 0.0497. The minimum Gasteiger partial charge on any atom is -0.486 e. The van der Waals surface area contributed by atoms with E-state index in [9.17, 15) is 9.90 Å². The van der Waals surface area contributed by atoms with Gasteiger partial charge in [-0.3, -0.25) is 4.79 Å². The van der Waals surface area contributed by atoms with Crippen LogP contribution in [0.5, 0.6) is 11.5 Å². The van der Waals surface area contributed by atoms with Crippen LogP contribution in [-0.4, -0.2) is 54.7 Å². The summed E-state index contributed by atoms with van der Waals surface area (Å²) in [6, 6.07) is 3.41. The summed E-state index contributed by atoms with van der Waals surface area (Å²) in [5.41, 5.74) is 4.01. The summed E-state index contributed by atoms with van der Waals surface area (Å²) >= 11 is 0. The van der Waals surface area contributed by atoms with E-state index in [0.717, 1.165) is 54.0 Å². The van der Waals surface area contributed by atoms with E-state index in [1.165, 1.54) is 0 Å². The Morgan fingerprint density at radius 2 is 1.91 bits per heavy atom. The van der Waals surface area contributed by atoms with Crippen LogP contribution >= 0.6 is 0 Å². The van der Waals surface area contributed by atoms with Gasteiger partial charge in [-0.05, 0) is 82.0 Å². The normalized spacial score (nSPS) is 17.9. The second kappa shape index (κ2) is 12.8. The topological polar surface area (TPSA) is 71.0 Å². The molecule has 1 fully saturated rings. The zero-order valence-corrected chi connectivity index (χ0v) is 21.4. The lowest BCUT2D eigenvalue weighted by Gasteiger charge is -2.31. The second-order valence-electron chi connectivity index (χ2n) is 9.53. The van der Waals surface area contributed by atoms with E-state index in [2.05, 4.69) is 23.4 Å². The number of hydrogen-bond acceptors (Lipinski definition) is 6. The van der Waals surface area contributed by atoms with E-state index in [4.69, 9.17) is 9.47 Å². The first-order valence-corrected chi connectivity index (χ1v) is 12.6. The Morgan fingerprint density at radius 1 is 1.20 bits per heavy atom. The van der Waals surface area contributed by atoms with E-state index in [1.54, 1.807) is 0 Å². The van der Waals surface area contributed by atoms with Crippen molar-refractivity contribution in [3.05, 3.63) is 71.5 Å². The fourth-order valence-corrected chi connectivity index (χ4v) is 4.64. The van der Waals surface area contributed by atoms with Crippen molar-refractivity contribution in [2.24, 2.45) is 0 Å².